The molecule has 0 aromatic heterocycles. The number of hydrogen-bond acceptors (Lipinski definition) is 0. The van der Waals surface area contributed by atoms with E-state index in [9.17, 15) is 0 Å². The SMILES string of the molecule is CCCCCCCCC[C@@H](C)CCC[C@H](C)CCCC. The van der Waals surface area contributed by atoms with Gasteiger partial charge in [0.1, 0.15) is 0 Å². The Morgan fingerprint density at radius 1 is 0.450 bits per heavy atom. The van der Waals surface area contributed by atoms with Crippen LogP contribution in [0.15, 0.2) is 0 Å². The third-order valence-electron chi connectivity index (χ3n) is 4.74. The van der Waals surface area contributed by atoms with Crippen LogP contribution < -0.4 is 0 Å². The van der Waals surface area contributed by atoms with Crippen LogP contribution in [0.1, 0.15) is 118 Å². The molecule has 0 heteroatoms. The summed E-state index contributed by atoms with van der Waals surface area (Å²) in [5, 5.41) is 0. The first-order chi connectivity index (χ1) is 9.70. The van der Waals surface area contributed by atoms with Crippen molar-refractivity contribution >= 4 is 0 Å². The van der Waals surface area contributed by atoms with Crippen LogP contribution in [0.3, 0.4) is 0 Å². The molecular weight excluding hydrogens is 240 g/mol. The largest absolute Gasteiger partial charge is 0.0654 e. The van der Waals surface area contributed by atoms with Gasteiger partial charge in [-0.05, 0) is 11.8 Å². The molecule has 0 N–H and O–H groups in total. The summed E-state index contributed by atoms with van der Waals surface area (Å²) < 4.78 is 0. The molecule has 122 valence electrons. The van der Waals surface area contributed by atoms with Crippen LogP contribution in [-0.2, 0) is 0 Å². The van der Waals surface area contributed by atoms with Crippen molar-refractivity contribution in [2.75, 3.05) is 0 Å². The molecule has 0 aliphatic rings. The van der Waals surface area contributed by atoms with Gasteiger partial charge in [0.2, 0.25) is 0 Å². The highest BCUT2D eigenvalue weighted by Gasteiger charge is 2.05. The third-order valence-corrected chi connectivity index (χ3v) is 4.74. The van der Waals surface area contributed by atoms with Gasteiger partial charge in [0.15, 0.2) is 0 Å². The second kappa shape index (κ2) is 15.4. The first-order valence-electron chi connectivity index (χ1n) is 9.70. The Balaban J connectivity index is 3.26. The van der Waals surface area contributed by atoms with Gasteiger partial charge >= 0.3 is 0 Å². The van der Waals surface area contributed by atoms with Crippen LogP contribution in [0.25, 0.3) is 0 Å². The Hall–Kier alpha value is 0. The van der Waals surface area contributed by atoms with Crippen molar-refractivity contribution in [2.45, 2.75) is 118 Å². The fourth-order valence-corrected chi connectivity index (χ4v) is 3.11. The molecule has 0 radical (unpaired) electrons. The maximum atomic E-state index is 2.47. The van der Waals surface area contributed by atoms with E-state index in [1.807, 2.05) is 0 Å². The summed E-state index contributed by atoms with van der Waals surface area (Å²) in [5.74, 6) is 1.92. The van der Waals surface area contributed by atoms with Crippen molar-refractivity contribution in [1.82, 2.24) is 0 Å². The molecule has 0 aromatic carbocycles. The Morgan fingerprint density at radius 2 is 0.850 bits per heavy atom. The van der Waals surface area contributed by atoms with Crippen LogP contribution in [0.5, 0.6) is 0 Å². The molecule has 0 aliphatic heterocycles. The molecule has 0 unspecified atom stereocenters. The Labute approximate surface area is 130 Å². The average Bonchev–Trinajstić information content (AvgIpc) is 2.44. The second-order valence-electron chi connectivity index (χ2n) is 7.19. The molecule has 0 heterocycles. The fraction of sp³-hybridized carbons (Fsp3) is 1.00. The molecular formula is C20H42. The predicted molar refractivity (Wildman–Crippen MR) is 94.3 cm³/mol. The molecule has 0 fully saturated rings. The summed E-state index contributed by atoms with van der Waals surface area (Å²) in [7, 11) is 0. The molecule has 0 aromatic rings. The van der Waals surface area contributed by atoms with Crippen LogP contribution in [0, 0.1) is 11.8 Å². The van der Waals surface area contributed by atoms with Crippen LogP contribution in [0.2, 0.25) is 0 Å². The summed E-state index contributed by atoms with van der Waals surface area (Å²) in [6.45, 7) is 9.51. The molecule has 2 atom stereocenters. The van der Waals surface area contributed by atoms with Crippen molar-refractivity contribution in [3.63, 3.8) is 0 Å². The van der Waals surface area contributed by atoms with Gasteiger partial charge < -0.3 is 0 Å². The monoisotopic (exact) mass is 282 g/mol. The van der Waals surface area contributed by atoms with Gasteiger partial charge in [-0.2, -0.15) is 0 Å². The van der Waals surface area contributed by atoms with E-state index >= 15 is 0 Å². The summed E-state index contributed by atoms with van der Waals surface area (Å²) >= 11 is 0. The highest BCUT2D eigenvalue weighted by Crippen LogP contribution is 2.21. The summed E-state index contributed by atoms with van der Waals surface area (Å²) in [6, 6.07) is 0. The van der Waals surface area contributed by atoms with Gasteiger partial charge in [-0.3, -0.25) is 0 Å². The molecule has 0 spiro atoms. The van der Waals surface area contributed by atoms with E-state index in [1.54, 1.807) is 0 Å². The number of unbranched alkanes of at least 4 members (excludes halogenated alkanes) is 7. The van der Waals surface area contributed by atoms with Crippen molar-refractivity contribution < 1.29 is 0 Å². The maximum absolute atomic E-state index is 2.47. The molecule has 0 aliphatic carbocycles. The van der Waals surface area contributed by atoms with E-state index < -0.39 is 0 Å². The van der Waals surface area contributed by atoms with E-state index in [1.165, 1.54) is 89.9 Å². The minimum absolute atomic E-state index is 0.959. The van der Waals surface area contributed by atoms with Gasteiger partial charge in [-0.25, -0.2) is 0 Å². The van der Waals surface area contributed by atoms with Gasteiger partial charge in [-0.15, -0.1) is 0 Å². The smallest absolute Gasteiger partial charge is 0.0443 e. The van der Waals surface area contributed by atoms with Crippen LogP contribution >= 0.6 is 0 Å². The lowest BCUT2D eigenvalue weighted by Gasteiger charge is -2.14. The highest BCUT2D eigenvalue weighted by molar-refractivity contribution is 4.58. The Kier molecular flexibility index (Phi) is 15.4. The lowest BCUT2D eigenvalue weighted by Crippen LogP contribution is -1.99. The third kappa shape index (κ3) is 14.4. The molecule has 20 heavy (non-hydrogen) atoms. The van der Waals surface area contributed by atoms with Gasteiger partial charge in [0.25, 0.3) is 0 Å². The average molecular weight is 283 g/mol. The fourth-order valence-electron chi connectivity index (χ4n) is 3.11. The lowest BCUT2D eigenvalue weighted by molar-refractivity contribution is 0.394. The summed E-state index contributed by atoms with van der Waals surface area (Å²) in [5.41, 5.74) is 0. The standard InChI is InChI=1S/C20H42/c1-5-7-9-10-11-12-13-16-20(4)18-14-17-19(3)15-8-6-2/h19-20H,5-18H2,1-4H3/t19-,20-/m1/s1. The van der Waals surface area contributed by atoms with E-state index in [0.29, 0.717) is 0 Å². The molecule has 0 saturated carbocycles. The van der Waals surface area contributed by atoms with E-state index in [4.69, 9.17) is 0 Å². The van der Waals surface area contributed by atoms with E-state index in [2.05, 4.69) is 27.7 Å². The molecule has 0 bridgehead atoms. The second-order valence-corrected chi connectivity index (χ2v) is 7.19. The van der Waals surface area contributed by atoms with Crippen LogP contribution in [-0.4, -0.2) is 0 Å². The zero-order chi connectivity index (χ0) is 15.1. The van der Waals surface area contributed by atoms with Crippen molar-refractivity contribution in [2.24, 2.45) is 11.8 Å². The zero-order valence-electron chi connectivity index (χ0n) is 15.1. The van der Waals surface area contributed by atoms with Gasteiger partial charge in [0, 0.05) is 0 Å². The minimum Gasteiger partial charge on any atom is -0.0654 e. The van der Waals surface area contributed by atoms with Crippen molar-refractivity contribution in [1.29, 1.82) is 0 Å². The van der Waals surface area contributed by atoms with Crippen LogP contribution in [0.4, 0.5) is 0 Å². The molecule has 0 amide bonds. The summed E-state index contributed by atoms with van der Waals surface area (Å²) in [4.78, 5) is 0. The van der Waals surface area contributed by atoms with Gasteiger partial charge in [0.05, 0.1) is 0 Å². The number of rotatable bonds is 15. The van der Waals surface area contributed by atoms with E-state index in [0.717, 1.165) is 11.8 Å². The topological polar surface area (TPSA) is 0 Å². The molecule has 0 rings (SSSR count). The Bertz CT molecular complexity index is 173. The highest BCUT2D eigenvalue weighted by atomic mass is 14.1. The number of hydrogen-bond donors (Lipinski definition) is 0. The quantitative estimate of drug-likeness (QED) is 0.269. The summed E-state index contributed by atoms with van der Waals surface area (Å²) in [6.07, 6.45) is 20.2. The molecule has 0 nitrogen and oxygen atoms in total. The Morgan fingerprint density at radius 3 is 1.40 bits per heavy atom. The van der Waals surface area contributed by atoms with E-state index in [-0.39, 0.29) is 0 Å². The first kappa shape index (κ1) is 20.0. The first-order valence-corrected chi connectivity index (χ1v) is 9.70. The lowest BCUT2D eigenvalue weighted by atomic mass is 9.92. The normalized spacial score (nSPS) is 14.4. The van der Waals surface area contributed by atoms with Crippen molar-refractivity contribution in [3.05, 3.63) is 0 Å². The van der Waals surface area contributed by atoms with Gasteiger partial charge in [-0.1, -0.05) is 118 Å². The maximum Gasteiger partial charge on any atom is -0.0443 e. The molecule has 0 saturated heterocycles. The zero-order valence-corrected chi connectivity index (χ0v) is 15.1. The minimum atomic E-state index is 0.959. The predicted octanol–water partition coefficient (Wildman–Crippen LogP) is 7.76. The van der Waals surface area contributed by atoms with Crippen molar-refractivity contribution in [3.8, 4) is 0 Å².